The Bertz CT molecular complexity index is 709. The standard InChI is InChI=1S/C18H21NO3S/c1-11(20)22-17-13-10-12(21-4)7-8-14(13)19-16(18(17,2)3)15-6-5-9-23-15/h5-10,16-17,19H,1-4H3/t16-,17+/m1/s1. The van der Waals surface area contributed by atoms with Crippen molar-refractivity contribution in [1.29, 1.82) is 0 Å². The number of anilines is 1. The molecule has 0 unspecified atom stereocenters. The molecular formula is C18H21NO3S. The molecule has 1 aromatic heterocycles. The van der Waals surface area contributed by atoms with Gasteiger partial charge in [-0.05, 0) is 29.6 Å². The molecule has 1 N–H and O–H groups in total. The van der Waals surface area contributed by atoms with Crippen LogP contribution in [0.1, 0.15) is 43.4 Å². The predicted octanol–water partition coefficient (Wildman–Crippen LogP) is 4.55. The molecular weight excluding hydrogens is 310 g/mol. The number of rotatable bonds is 3. The smallest absolute Gasteiger partial charge is 0.303 e. The van der Waals surface area contributed by atoms with Crippen LogP contribution in [0.25, 0.3) is 0 Å². The number of methoxy groups -OCH3 is 1. The van der Waals surface area contributed by atoms with Gasteiger partial charge in [-0.15, -0.1) is 11.3 Å². The van der Waals surface area contributed by atoms with Gasteiger partial charge in [0.25, 0.3) is 0 Å². The minimum atomic E-state index is -0.335. The third kappa shape index (κ3) is 2.81. The summed E-state index contributed by atoms with van der Waals surface area (Å²) in [6.45, 7) is 5.71. The molecule has 0 bridgehead atoms. The van der Waals surface area contributed by atoms with Gasteiger partial charge in [0.1, 0.15) is 11.9 Å². The van der Waals surface area contributed by atoms with Crippen molar-refractivity contribution in [2.24, 2.45) is 5.41 Å². The van der Waals surface area contributed by atoms with Crippen molar-refractivity contribution in [2.45, 2.75) is 32.9 Å². The average Bonchev–Trinajstić information content (AvgIpc) is 3.03. The first-order chi connectivity index (χ1) is 10.9. The highest BCUT2D eigenvalue weighted by molar-refractivity contribution is 7.10. The van der Waals surface area contributed by atoms with Gasteiger partial charge in [0, 0.05) is 28.5 Å². The lowest BCUT2D eigenvalue weighted by molar-refractivity contribution is -0.154. The summed E-state index contributed by atoms with van der Waals surface area (Å²) in [6.07, 6.45) is -0.335. The van der Waals surface area contributed by atoms with E-state index in [0.29, 0.717) is 0 Å². The Kier molecular flexibility index (Phi) is 4.06. The molecule has 0 saturated carbocycles. The van der Waals surface area contributed by atoms with Crippen molar-refractivity contribution in [3.8, 4) is 5.75 Å². The number of hydrogen-bond donors (Lipinski definition) is 1. The van der Waals surface area contributed by atoms with Crippen molar-refractivity contribution in [3.63, 3.8) is 0 Å². The van der Waals surface area contributed by atoms with Crippen LogP contribution in [0.4, 0.5) is 5.69 Å². The largest absolute Gasteiger partial charge is 0.497 e. The van der Waals surface area contributed by atoms with Crippen LogP contribution in [0, 0.1) is 5.41 Å². The SMILES string of the molecule is COc1ccc2c(c1)[C@H](OC(C)=O)C(C)(C)[C@@H](c1cccs1)N2. The third-order valence-electron chi connectivity index (χ3n) is 4.37. The highest BCUT2D eigenvalue weighted by Gasteiger charge is 2.46. The molecule has 0 aliphatic carbocycles. The quantitative estimate of drug-likeness (QED) is 0.838. The molecule has 0 saturated heterocycles. The van der Waals surface area contributed by atoms with Gasteiger partial charge in [-0.25, -0.2) is 0 Å². The molecule has 2 atom stereocenters. The zero-order valence-corrected chi connectivity index (χ0v) is 14.6. The fraction of sp³-hybridized carbons (Fsp3) is 0.389. The fourth-order valence-corrected chi connectivity index (χ4v) is 4.15. The predicted molar refractivity (Wildman–Crippen MR) is 92.0 cm³/mol. The molecule has 1 aliphatic rings. The van der Waals surface area contributed by atoms with Gasteiger partial charge < -0.3 is 14.8 Å². The van der Waals surface area contributed by atoms with E-state index in [1.54, 1.807) is 18.4 Å². The number of benzene rings is 1. The Morgan fingerprint density at radius 1 is 1.30 bits per heavy atom. The summed E-state index contributed by atoms with van der Waals surface area (Å²) in [4.78, 5) is 12.9. The first-order valence-corrected chi connectivity index (χ1v) is 8.46. The van der Waals surface area contributed by atoms with E-state index in [4.69, 9.17) is 9.47 Å². The maximum atomic E-state index is 11.7. The van der Waals surface area contributed by atoms with Crippen molar-refractivity contribution in [2.75, 3.05) is 12.4 Å². The second-order valence-electron chi connectivity index (χ2n) is 6.36. The van der Waals surface area contributed by atoms with Crippen LogP contribution in [0.5, 0.6) is 5.75 Å². The van der Waals surface area contributed by atoms with E-state index in [2.05, 4.69) is 30.6 Å². The highest BCUT2D eigenvalue weighted by Crippen LogP contribution is 2.54. The number of nitrogens with one attached hydrogen (secondary N) is 1. The van der Waals surface area contributed by atoms with E-state index in [-0.39, 0.29) is 23.5 Å². The van der Waals surface area contributed by atoms with Crippen LogP contribution >= 0.6 is 11.3 Å². The van der Waals surface area contributed by atoms with Crippen LogP contribution in [0.2, 0.25) is 0 Å². The van der Waals surface area contributed by atoms with Gasteiger partial charge in [0.2, 0.25) is 0 Å². The second kappa shape index (κ2) is 5.89. The molecule has 0 spiro atoms. The molecule has 4 nitrogen and oxygen atoms in total. The third-order valence-corrected chi connectivity index (χ3v) is 5.31. The lowest BCUT2D eigenvalue weighted by Gasteiger charge is -2.45. The van der Waals surface area contributed by atoms with Gasteiger partial charge in [-0.3, -0.25) is 4.79 Å². The first kappa shape index (κ1) is 15.9. The Balaban J connectivity index is 2.11. The van der Waals surface area contributed by atoms with Gasteiger partial charge >= 0.3 is 5.97 Å². The number of thiophene rings is 1. The monoisotopic (exact) mass is 331 g/mol. The van der Waals surface area contributed by atoms with Crippen molar-refractivity contribution in [3.05, 3.63) is 46.2 Å². The first-order valence-electron chi connectivity index (χ1n) is 7.58. The molecule has 1 aromatic carbocycles. The number of ether oxygens (including phenoxy) is 2. The Morgan fingerprint density at radius 2 is 2.09 bits per heavy atom. The van der Waals surface area contributed by atoms with Crippen molar-refractivity contribution < 1.29 is 14.3 Å². The molecule has 23 heavy (non-hydrogen) atoms. The number of carbonyl (C=O) groups excluding carboxylic acids is 1. The van der Waals surface area contributed by atoms with Crippen LogP contribution in [0.3, 0.4) is 0 Å². The topological polar surface area (TPSA) is 47.6 Å². The zero-order chi connectivity index (χ0) is 16.6. The summed E-state index contributed by atoms with van der Waals surface area (Å²) in [5.41, 5.74) is 1.64. The molecule has 2 aromatic rings. The molecule has 1 aliphatic heterocycles. The molecule has 5 heteroatoms. The molecule has 0 amide bonds. The normalized spacial score (nSPS) is 21.9. The van der Waals surface area contributed by atoms with Gasteiger partial charge in [0.05, 0.1) is 13.2 Å². The molecule has 122 valence electrons. The molecule has 0 fully saturated rings. The Hall–Kier alpha value is -2.01. The van der Waals surface area contributed by atoms with Crippen molar-refractivity contribution in [1.82, 2.24) is 0 Å². The zero-order valence-electron chi connectivity index (χ0n) is 13.8. The molecule has 3 rings (SSSR count). The highest BCUT2D eigenvalue weighted by atomic mass is 32.1. The summed E-state index contributed by atoms with van der Waals surface area (Å²) < 4.78 is 11.1. The van der Waals surface area contributed by atoms with E-state index < -0.39 is 0 Å². The number of fused-ring (bicyclic) bond motifs is 1. The fourth-order valence-electron chi connectivity index (χ4n) is 3.18. The maximum Gasteiger partial charge on any atom is 0.303 e. The van der Waals surface area contributed by atoms with Crippen LogP contribution in [-0.4, -0.2) is 13.1 Å². The number of carbonyl (C=O) groups is 1. The summed E-state index contributed by atoms with van der Waals surface area (Å²) in [5, 5.41) is 5.67. The summed E-state index contributed by atoms with van der Waals surface area (Å²) >= 11 is 1.71. The van der Waals surface area contributed by atoms with E-state index in [1.165, 1.54) is 11.8 Å². The molecule has 0 radical (unpaired) electrons. The maximum absolute atomic E-state index is 11.7. The summed E-state index contributed by atoms with van der Waals surface area (Å²) in [6, 6.07) is 10.1. The van der Waals surface area contributed by atoms with E-state index in [1.807, 2.05) is 24.3 Å². The van der Waals surface area contributed by atoms with E-state index >= 15 is 0 Å². The minimum absolute atomic E-state index is 0.0766. The lowest BCUT2D eigenvalue weighted by atomic mass is 9.72. The van der Waals surface area contributed by atoms with E-state index in [9.17, 15) is 4.79 Å². The Morgan fingerprint density at radius 3 is 2.70 bits per heavy atom. The minimum Gasteiger partial charge on any atom is -0.497 e. The number of hydrogen-bond acceptors (Lipinski definition) is 5. The van der Waals surface area contributed by atoms with Gasteiger partial charge in [-0.1, -0.05) is 19.9 Å². The van der Waals surface area contributed by atoms with E-state index in [0.717, 1.165) is 17.0 Å². The van der Waals surface area contributed by atoms with Crippen LogP contribution < -0.4 is 10.1 Å². The Labute approximate surface area is 140 Å². The summed E-state index contributed by atoms with van der Waals surface area (Å²) in [5.74, 6) is 0.483. The summed E-state index contributed by atoms with van der Waals surface area (Å²) in [7, 11) is 1.64. The average molecular weight is 331 g/mol. The van der Waals surface area contributed by atoms with Crippen molar-refractivity contribution >= 4 is 23.0 Å². The second-order valence-corrected chi connectivity index (χ2v) is 7.34. The molecule has 2 heterocycles. The van der Waals surface area contributed by atoms with Crippen LogP contribution in [0.15, 0.2) is 35.7 Å². The van der Waals surface area contributed by atoms with Gasteiger partial charge in [0.15, 0.2) is 0 Å². The van der Waals surface area contributed by atoms with Gasteiger partial charge in [-0.2, -0.15) is 0 Å². The van der Waals surface area contributed by atoms with Crippen LogP contribution in [-0.2, 0) is 9.53 Å². The number of esters is 1. The lowest BCUT2D eigenvalue weighted by Crippen LogP contribution is -2.40.